The van der Waals surface area contributed by atoms with Gasteiger partial charge in [-0.15, -0.1) is 0 Å². The minimum absolute atomic E-state index is 1.19. The average Bonchev–Trinajstić information content (AvgIpc) is 2.54. The predicted octanol–water partition coefficient (Wildman–Crippen LogP) is 0.199. The maximum atomic E-state index is 7.13. The van der Waals surface area contributed by atoms with Crippen LogP contribution in [-0.2, 0) is 12.6 Å². The molecule has 1 heterocycles. The number of nitriles is 1. The molecule has 0 fully saturated rings. The summed E-state index contributed by atoms with van der Waals surface area (Å²) >= 11 is 3.70. The van der Waals surface area contributed by atoms with Gasteiger partial charge in [-0.05, 0) is 6.42 Å². The highest BCUT2D eigenvalue weighted by Crippen LogP contribution is 1.80. The molecule has 4 heteroatoms. The Hall–Kier alpha value is -0.920. The number of hydrogen-bond acceptors (Lipinski definition) is 3. The van der Waals surface area contributed by atoms with Crippen LogP contribution in [0.3, 0.4) is 0 Å². The number of thiocyanates is 1. The molecular weight excluding hydrogens is 170 g/mol. The molecule has 66 valence electrons. The van der Waals surface area contributed by atoms with Gasteiger partial charge in [0.05, 0.1) is 12.7 Å². The fourth-order valence-corrected chi connectivity index (χ4v) is 0.849. The van der Waals surface area contributed by atoms with Crippen molar-refractivity contribution in [3.05, 3.63) is 12.4 Å². The molecule has 0 radical (unpaired) electrons. The van der Waals surface area contributed by atoms with Crippen LogP contribution in [0.4, 0.5) is 0 Å². The predicted molar refractivity (Wildman–Crippen MR) is 51.3 cm³/mol. The SMILES string of the molecule is CCCC[NH+]1C=CN=C1.N#C[S-]. The molecule has 0 spiro atoms. The van der Waals surface area contributed by atoms with Gasteiger partial charge >= 0.3 is 0 Å². The molecule has 0 aromatic rings. The largest absolute Gasteiger partial charge is 0.696 e. The van der Waals surface area contributed by atoms with Crippen LogP contribution in [0, 0.1) is 10.7 Å². The number of hydrogen-bond donors (Lipinski definition) is 1. The van der Waals surface area contributed by atoms with Crippen molar-refractivity contribution in [3.63, 3.8) is 0 Å². The van der Waals surface area contributed by atoms with Crippen LogP contribution in [0.5, 0.6) is 0 Å². The number of rotatable bonds is 3. The minimum Gasteiger partial charge on any atom is -0.696 e. The van der Waals surface area contributed by atoms with Crippen LogP contribution in [0.25, 0.3) is 0 Å². The molecule has 1 aliphatic rings. The van der Waals surface area contributed by atoms with E-state index in [1.807, 2.05) is 12.5 Å². The van der Waals surface area contributed by atoms with E-state index in [4.69, 9.17) is 5.26 Å². The zero-order chi connectivity index (χ0) is 9.23. The molecule has 1 atom stereocenters. The summed E-state index contributed by atoms with van der Waals surface area (Å²) in [6.45, 7) is 3.40. The van der Waals surface area contributed by atoms with E-state index >= 15 is 0 Å². The lowest BCUT2D eigenvalue weighted by molar-refractivity contribution is -0.736. The number of nitrogens with one attached hydrogen (secondary N) is 1. The molecule has 0 aliphatic carbocycles. The first-order valence-electron chi connectivity index (χ1n) is 3.92. The zero-order valence-electron chi connectivity index (χ0n) is 7.16. The van der Waals surface area contributed by atoms with Crippen molar-refractivity contribution in [1.29, 1.82) is 5.26 Å². The number of quaternary nitrogens is 1. The number of unbranched alkanes of at least 4 members (excludes halogenated alkanes) is 1. The van der Waals surface area contributed by atoms with E-state index in [0.29, 0.717) is 0 Å². The second-order valence-electron chi connectivity index (χ2n) is 2.36. The van der Waals surface area contributed by atoms with Gasteiger partial charge in [-0.25, -0.2) is 10.3 Å². The summed E-state index contributed by atoms with van der Waals surface area (Å²) in [5, 5.41) is 8.47. The van der Waals surface area contributed by atoms with Gasteiger partial charge in [-0.1, -0.05) is 18.7 Å². The number of aliphatic imine (C=N–C) groups is 1. The highest BCUT2D eigenvalue weighted by molar-refractivity contribution is 7.64. The zero-order valence-corrected chi connectivity index (χ0v) is 7.97. The van der Waals surface area contributed by atoms with E-state index in [1.165, 1.54) is 29.7 Å². The van der Waals surface area contributed by atoms with Gasteiger partial charge in [0.1, 0.15) is 6.20 Å². The van der Waals surface area contributed by atoms with Gasteiger partial charge in [-0.3, -0.25) is 4.90 Å². The van der Waals surface area contributed by atoms with E-state index in [9.17, 15) is 0 Å². The Kier molecular flexibility index (Phi) is 7.55. The van der Waals surface area contributed by atoms with Gasteiger partial charge in [0.2, 0.25) is 0 Å². The van der Waals surface area contributed by atoms with Crippen molar-refractivity contribution >= 4 is 19.0 Å². The Balaban J connectivity index is 0.000000354. The Labute approximate surface area is 78.8 Å². The fourth-order valence-electron chi connectivity index (χ4n) is 0.849. The minimum atomic E-state index is 1.19. The molecule has 12 heavy (non-hydrogen) atoms. The van der Waals surface area contributed by atoms with Gasteiger partial charge in [0.15, 0.2) is 6.34 Å². The van der Waals surface area contributed by atoms with Gasteiger partial charge in [0, 0.05) is 0 Å². The summed E-state index contributed by atoms with van der Waals surface area (Å²) in [7, 11) is 0. The molecule has 0 saturated carbocycles. The summed E-state index contributed by atoms with van der Waals surface area (Å²) in [6, 6.07) is 0. The summed E-state index contributed by atoms with van der Waals surface area (Å²) in [5.41, 5.74) is 0. The normalized spacial score (nSPS) is 18.2. The smallest absolute Gasteiger partial charge is 0.193 e. The van der Waals surface area contributed by atoms with Crippen LogP contribution in [0.1, 0.15) is 19.8 Å². The van der Waals surface area contributed by atoms with Crippen molar-refractivity contribution in [2.24, 2.45) is 4.99 Å². The van der Waals surface area contributed by atoms with Crippen LogP contribution in [0.15, 0.2) is 17.4 Å². The summed E-state index contributed by atoms with van der Waals surface area (Å²) in [6.07, 6.45) is 8.42. The van der Waals surface area contributed by atoms with Crippen molar-refractivity contribution in [3.8, 4) is 5.40 Å². The molecule has 0 bridgehead atoms. The molecule has 0 amide bonds. The van der Waals surface area contributed by atoms with E-state index < -0.39 is 0 Å². The third kappa shape index (κ3) is 5.83. The van der Waals surface area contributed by atoms with E-state index in [0.717, 1.165) is 0 Å². The Morgan fingerprint density at radius 2 is 2.33 bits per heavy atom. The molecule has 1 aliphatic heterocycles. The lowest BCUT2D eigenvalue weighted by Crippen LogP contribution is -3.05. The number of nitrogens with zero attached hydrogens (tertiary/aromatic N) is 2. The van der Waals surface area contributed by atoms with Crippen LogP contribution >= 0.6 is 0 Å². The average molecular weight is 183 g/mol. The van der Waals surface area contributed by atoms with Gasteiger partial charge < -0.3 is 12.6 Å². The monoisotopic (exact) mass is 183 g/mol. The third-order valence-electron chi connectivity index (χ3n) is 1.43. The Bertz CT molecular complexity index is 181. The summed E-state index contributed by atoms with van der Waals surface area (Å²) in [5.74, 6) is 0. The maximum Gasteiger partial charge on any atom is 0.193 e. The van der Waals surface area contributed by atoms with E-state index in [-0.39, 0.29) is 0 Å². The quantitative estimate of drug-likeness (QED) is 0.501. The standard InChI is InChI=1S/C7H12N2.CHNS/c1-2-3-5-9-6-4-8-7-9;2-1-3/h4,6-7H,2-3,5H2,1H3;3H. The highest BCUT2D eigenvalue weighted by Gasteiger charge is 2.02. The van der Waals surface area contributed by atoms with Crippen molar-refractivity contribution in [2.45, 2.75) is 19.8 Å². The topological polar surface area (TPSA) is 40.6 Å². The molecule has 1 unspecified atom stereocenters. The molecule has 0 aromatic heterocycles. The first-order chi connectivity index (χ1) is 5.85. The molecule has 0 aromatic carbocycles. The van der Waals surface area contributed by atoms with Crippen LogP contribution < -0.4 is 4.90 Å². The first-order valence-corrected chi connectivity index (χ1v) is 4.32. The molecular formula is C8H13N3S. The van der Waals surface area contributed by atoms with E-state index in [1.54, 1.807) is 0 Å². The second kappa shape index (κ2) is 8.18. The first kappa shape index (κ1) is 11.1. The van der Waals surface area contributed by atoms with Crippen molar-refractivity contribution in [1.82, 2.24) is 0 Å². The van der Waals surface area contributed by atoms with Crippen LogP contribution in [0.2, 0.25) is 0 Å². The molecule has 1 N–H and O–H groups in total. The fraction of sp³-hybridized carbons (Fsp3) is 0.500. The van der Waals surface area contributed by atoms with E-state index in [2.05, 4.69) is 30.7 Å². The maximum absolute atomic E-state index is 7.13. The highest BCUT2D eigenvalue weighted by atomic mass is 32.1. The van der Waals surface area contributed by atoms with Gasteiger partial charge in [-0.2, -0.15) is 0 Å². The Morgan fingerprint density at radius 3 is 2.75 bits per heavy atom. The van der Waals surface area contributed by atoms with Gasteiger partial charge in [0.25, 0.3) is 0 Å². The van der Waals surface area contributed by atoms with Crippen LogP contribution in [-0.4, -0.2) is 12.9 Å². The summed E-state index contributed by atoms with van der Waals surface area (Å²) in [4.78, 5) is 5.35. The molecule has 3 nitrogen and oxygen atoms in total. The third-order valence-corrected chi connectivity index (χ3v) is 1.43. The summed E-state index contributed by atoms with van der Waals surface area (Å²) < 4.78 is 0. The lowest BCUT2D eigenvalue weighted by Gasteiger charge is -2.01. The van der Waals surface area contributed by atoms with Crippen molar-refractivity contribution in [2.75, 3.05) is 6.54 Å². The lowest BCUT2D eigenvalue weighted by atomic mass is 10.3. The Morgan fingerprint density at radius 1 is 1.67 bits per heavy atom. The second-order valence-corrected chi connectivity index (χ2v) is 2.55. The molecule has 1 rings (SSSR count). The van der Waals surface area contributed by atoms with Crippen molar-refractivity contribution < 1.29 is 4.90 Å². The molecule has 0 saturated heterocycles.